The smallest absolute Gasteiger partial charge is 1.00 e. The van der Waals surface area contributed by atoms with Gasteiger partial charge in [-0.05, 0) is 17.0 Å². The Balaban J connectivity index is 0. The minimum absolute atomic E-state index is 0. The summed E-state index contributed by atoms with van der Waals surface area (Å²) in [6.07, 6.45) is 13.2. The van der Waals surface area contributed by atoms with Crippen LogP contribution in [0.25, 0.3) is 6.08 Å². The minimum Gasteiger partial charge on any atom is -1.00 e. The maximum Gasteiger partial charge on any atom is 3.00 e. The summed E-state index contributed by atoms with van der Waals surface area (Å²) in [5.74, 6) is 0.449. The maximum absolute atomic E-state index is 3.39. The second-order valence-electron chi connectivity index (χ2n) is 4.20. The molecule has 0 heterocycles. The second kappa shape index (κ2) is 11.7. The van der Waals surface area contributed by atoms with Gasteiger partial charge in [-0.25, -0.2) is 11.6 Å². The Kier molecular flexibility index (Phi) is 13.2. The zero-order valence-corrected chi connectivity index (χ0v) is 16.6. The Morgan fingerprint density at radius 3 is 2.35 bits per heavy atom. The Labute approximate surface area is 156 Å². The van der Waals surface area contributed by atoms with Gasteiger partial charge in [0.25, 0.3) is 0 Å². The third-order valence-electron chi connectivity index (χ3n) is 2.86. The van der Waals surface area contributed by atoms with Gasteiger partial charge < -0.3 is 24.8 Å². The monoisotopic (exact) mass is 397 g/mol. The van der Waals surface area contributed by atoms with Crippen molar-refractivity contribution in [3.63, 3.8) is 0 Å². The van der Waals surface area contributed by atoms with Gasteiger partial charge in [0.05, 0.1) is 0 Å². The largest absolute Gasteiger partial charge is 3.00 e. The van der Waals surface area contributed by atoms with Crippen LogP contribution in [0.5, 0.6) is 0 Å². The molecule has 3 rings (SSSR count). The zero-order chi connectivity index (χ0) is 12.1. The van der Waals surface area contributed by atoms with Gasteiger partial charge in [-0.1, -0.05) is 49.5 Å². The van der Waals surface area contributed by atoms with E-state index in [9.17, 15) is 0 Å². The van der Waals surface area contributed by atoms with E-state index in [0.717, 1.165) is 15.9 Å². The SMILES string of the molecule is C[Si]C.[C-]1=C(C2C=Cc3ccccc32)C=CC1.[Cl-].[Cl-].[Zr+3]. The fourth-order valence-corrected chi connectivity index (χ4v) is 2.16. The molecule has 20 heavy (non-hydrogen) atoms. The molecule has 4 heteroatoms. The normalized spacial score (nSPS) is 16.7. The molecule has 0 bridgehead atoms. The van der Waals surface area contributed by atoms with Crippen molar-refractivity contribution in [3.05, 3.63) is 65.3 Å². The van der Waals surface area contributed by atoms with E-state index in [1.54, 1.807) is 0 Å². The molecule has 103 valence electrons. The summed E-state index contributed by atoms with van der Waals surface area (Å²) in [6.45, 7) is 4.31. The minimum atomic E-state index is 0. The molecule has 2 aliphatic rings. The van der Waals surface area contributed by atoms with Crippen LogP contribution in [-0.2, 0) is 26.2 Å². The van der Waals surface area contributed by atoms with E-state index in [2.05, 4.69) is 67.7 Å². The number of fused-ring (bicyclic) bond motifs is 1. The fraction of sp³-hybridized carbons (Fsp3) is 0.250. The van der Waals surface area contributed by atoms with Gasteiger partial charge in [-0.2, -0.15) is 6.08 Å². The number of allylic oxidation sites excluding steroid dienone is 5. The molecule has 0 aromatic heterocycles. The Morgan fingerprint density at radius 2 is 1.75 bits per heavy atom. The third kappa shape index (κ3) is 5.48. The van der Waals surface area contributed by atoms with Crippen LogP contribution >= 0.6 is 0 Å². The topological polar surface area (TPSA) is 0 Å². The molecular formula is C16H17Cl2SiZr. The van der Waals surface area contributed by atoms with Crippen molar-refractivity contribution in [1.29, 1.82) is 0 Å². The van der Waals surface area contributed by atoms with Gasteiger partial charge in [0, 0.05) is 9.52 Å². The Hall–Kier alpha value is 0.120. The van der Waals surface area contributed by atoms with Crippen LogP contribution in [-0.4, -0.2) is 9.52 Å². The van der Waals surface area contributed by atoms with E-state index < -0.39 is 0 Å². The molecule has 1 atom stereocenters. The van der Waals surface area contributed by atoms with Crippen molar-refractivity contribution in [2.75, 3.05) is 0 Å². The molecule has 0 amide bonds. The standard InChI is InChI=1S/C14H11.C2H6Si.2ClH.Zr/c1-2-6-11(5-1)14-10-9-12-7-3-4-8-13(12)14;1-3-2;;;/h1,3-5,7-10,14H,2H2;1-2H3;2*1H;/q-1;;;;+3/p-2. The van der Waals surface area contributed by atoms with Crippen LogP contribution in [0.1, 0.15) is 23.5 Å². The summed E-state index contributed by atoms with van der Waals surface area (Å²) in [7, 11) is 1.08. The molecule has 0 N–H and O–H groups in total. The first-order chi connectivity index (χ1) is 8.36. The number of benzene rings is 1. The first-order valence-electron chi connectivity index (χ1n) is 5.99. The van der Waals surface area contributed by atoms with Gasteiger partial charge in [-0.15, -0.1) is 6.42 Å². The summed E-state index contributed by atoms with van der Waals surface area (Å²) in [5, 5.41) is 0. The van der Waals surface area contributed by atoms with Gasteiger partial charge in [0.2, 0.25) is 0 Å². The van der Waals surface area contributed by atoms with Crippen LogP contribution < -0.4 is 24.8 Å². The van der Waals surface area contributed by atoms with Crippen LogP contribution in [0.3, 0.4) is 0 Å². The second-order valence-corrected chi connectivity index (χ2v) is 5.20. The fourth-order valence-electron chi connectivity index (χ4n) is 2.16. The summed E-state index contributed by atoms with van der Waals surface area (Å²) >= 11 is 0. The molecule has 1 aromatic rings. The van der Waals surface area contributed by atoms with Crippen molar-refractivity contribution in [2.24, 2.45) is 0 Å². The summed E-state index contributed by atoms with van der Waals surface area (Å²) in [4.78, 5) is 0. The van der Waals surface area contributed by atoms with Gasteiger partial charge in [-0.3, -0.25) is 6.08 Å². The molecule has 0 aliphatic heterocycles. The van der Waals surface area contributed by atoms with E-state index in [1.165, 1.54) is 16.7 Å². The molecular weight excluding hydrogens is 382 g/mol. The zero-order valence-electron chi connectivity index (χ0n) is 11.7. The molecule has 0 spiro atoms. The van der Waals surface area contributed by atoms with E-state index in [4.69, 9.17) is 0 Å². The van der Waals surface area contributed by atoms with Crippen LogP contribution in [0.15, 0.2) is 48.1 Å². The molecule has 0 saturated heterocycles. The summed E-state index contributed by atoms with van der Waals surface area (Å²) in [5.41, 5.74) is 4.10. The molecule has 1 unspecified atom stereocenters. The van der Waals surface area contributed by atoms with E-state index >= 15 is 0 Å². The van der Waals surface area contributed by atoms with Gasteiger partial charge in [0.1, 0.15) is 0 Å². The van der Waals surface area contributed by atoms with E-state index in [0.29, 0.717) is 5.92 Å². The van der Waals surface area contributed by atoms with Crippen molar-refractivity contribution < 1.29 is 51.0 Å². The average Bonchev–Trinajstić information content (AvgIpc) is 2.98. The average molecular weight is 400 g/mol. The molecule has 0 fully saturated rings. The van der Waals surface area contributed by atoms with Crippen molar-refractivity contribution >= 4 is 15.6 Å². The van der Waals surface area contributed by atoms with E-state index in [-0.39, 0.29) is 51.0 Å². The van der Waals surface area contributed by atoms with Gasteiger partial charge >= 0.3 is 26.2 Å². The molecule has 3 radical (unpaired) electrons. The van der Waals surface area contributed by atoms with Crippen LogP contribution in [0, 0.1) is 6.08 Å². The number of rotatable bonds is 1. The molecule has 0 nitrogen and oxygen atoms in total. The Morgan fingerprint density at radius 1 is 1.10 bits per heavy atom. The van der Waals surface area contributed by atoms with Crippen molar-refractivity contribution in [1.82, 2.24) is 0 Å². The first kappa shape index (κ1) is 22.4. The number of hydrogen-bond donors (Lipinski definition) is 0. The third-order valence-corrected chi connectivity index (χ3v) is 2.86. The van der Waals surface area contributed by atoms with Gasteiger partial charge in [0.15, 0.2) is 0 Å². The summed E-state index contributed by atoms with van der Waals surface area (Å²) in [6, 6.07) is 8.58. The van der Waals surface area contributed by atoms with E-state index in [1.807, 2.05) is 0 Å². The molecule has 2 aliphatic carbocycles. The molecule has 1 aromatic carbocycles. The van der Waals surface area contributed by atoms with Crippen LogP contribution in [0.2, 0.25) is 13.1 Å². The quantitative estimate of drug-likeness (QED) is 0.389. The number of halogens is 2. The predicted molar refractivity (Wildman–Crippen MR) is 76.2 cm³/mol. The number of hydrogen-bond acceptors (Lipinski definition) is 0. The summed E-state index contributed by atoms with van der Waals surface area (Å²) < 4.78 is 0. The Bertz CT molecular complexity index is 481. The maximum atomic E-state index is 3.39. The van der Waals surface area contributed by atoms with Crippen LogP contribution in [0.4, 0.5) is 0 Å². The van der Waals surface area contributed by atoms with Crippen molar-refractivity contribution in [2.45, 2.75) is 25.4 Å². The molecule has 0 saturated carbocycles. The first-order valence-corrected chi connectivity index (χ1v) is 7.99. The van der Waals surface area contributed by atoms with Crippen molar-refractivity contribution in [3.8, 4) is 0 Å². The predicted octanol–water partition coefficient (Wildman–Crippen LogP) is -1.72.